The van der Waals surface area contributed by atoms with E-state index in [0.29, 0.717) is 12.0 Å². The highest BCUT2D eigenvalue weighted by atomic mass is 16.5. The van der Waals surface area contributed by atoms with Crippen LogP contribution >= 0.6 is 0 Å². The summed E-state index contributed by atoms with van der Waals surface area (Å²) in [5, 5.41) is 5.33. The minimum atomic E-state index is -0.485. The van der Waals surface area contributed by atoms with Crippen molar-refractivity contribution in [2.75, 3.05) is 20.6 Å². The molecule has 2 amide bonds. The van der Waals surface area contributed by atoms with Gasteiger partial charge in [-0.25, -0.2) is 4.79 Å². The van der Waals surface area contributed by atoms with Crippen LogP contribution in [0.2, 0.25) is 0 Å². The molecule has 2 aliphatic rings. The Kier molecular flexibility index (Phi) is 5.56. The Labute approximate surface area is 153 Å². The van der Waals surface area contributed by atoms with E-state index in [4.69, 9.17) is 4.74 Å². The zero-order valence-electron chi connectivity index (χ0n) is 15.1. The Morgan fingerprint density at radius 2 is 1.85 bits per heavy atom. The van der Waals surface area contributed by atoms with Gasteiger partial charge in [-0.15, -0.1) is 0 Å². The number of nitrogens with one attached hydrogen (secondary N) is 2. The van der Waals surface area contributed by atoms with Crippen molar-refractivity contribution in [1.29, 1.82) is 0 Å². The van der Waals surface area contributed by atoms with Gasteiger partial charge in [0.05, 0.1) is 18.0 Å². The van der Waals surface area contributed by atoms with Gasteiger partial charge in [0.25, 0.3) is 0 Å². The number of carbonyl (C=O) groups is 3. The quantitative estimate of drug-likeness (QED) is 0.750. The zero-order chi connectivity index (χ0) is 18.7. The lowest BCUT2D eigenvalue weighted by molar-refractivity contribution is -0.138. The third-order valence-electron chi connectivity index (χ3n) is 5.43. The second-order valence-corrected chi connectivity index (χ2v) is 6.83. The number of piperidine rings is 1. The van der Waals surface area contributed by atoms with Gasteiger partial charge in [0.15, 0.2) is 0 Å². The van der Waals surface area contributed by atoms with Crippen molar-refractivity contribution in [3.63, 3.8) is 0 Å². The number of rotatable bonds is 5. The van der Waals surface area contributed by atoms with Crippen molar-refractivity contribution in [1.82, 2.24) is 15.5 Å². The Bertz CT molecular complexity index is 679. The fraction of sp³-hybridized carbons (Fsp3) is 0.526. The average molecular weight is 359 g/mol. The first-order valence-corrected chi connectivity index (χ1v) is 8.99. The third-order valence-corrected chi connectivity index (χ3v) is 5.43. The molecule has 2 aliphatic heterocycles. The van der Waals surface area contributed by atoms with Crippen LogP contribution in [0.15, 0.2) is 30.3 Å². The lowest BCUT2D eigenvalue weighted by Crippen LogP contribution is -2.58. The number of hydrogen-bond acceptors (Lipinski definition) is 5. The van der Waals surface area contributed by atoms with Crippen LogP contribution in [0.4, 0.5) is 0 Å². The standard InChI is InChI=1S/C19H25N3O4/c1-20-16(23)11-22-13-8-9-14(22)17(18(24)21-2)15(10-13)26-19(25)12-6-4-3-5-7-12/h3-7,13-15,17H,8-11H2,1-2H3,(H,20,23)(H,21,24)/t13?,14?,15?,17-/m1/s1. The summed E-state index contributed by atoms with van der Waals surface area (Å²) in [6.07, 6.45) is 1.79. The highest BCUT2D eigenvalue weighted by molar-refractivity contribution is 5.90. The van der Waals surface area contributed by atoms with Crippen molar-refractivity contribution in [3.8, 4) is 0 Å². The van der Waals surface area contributed by atoms with E-state index in [1.807, 2.05) is 6.07 Å². The maximum atomic E-state index is 12.6. The number of likely N-dealkylation sites (N-methyl/N-ethyl adjacent to an activating group) is 1. The van der Waals surface area contributed by atoms with E-state index in [1.54, 1.807) is 38.4 Å². The average Bonchev–Trinajstić information content (AvgIpc) is 2.93. The summed E-state index contributed by atoms with van der Waals surface area (Å²) in [5.74, 6) is -1.11. The molecule has 140 valence electrons. The molecule has 2 fully saturated rings. The van der Waals surface area contributed by atoms with E-state index in [1.165, 1.54) is 0 Å². The number of ether oxygens (including phenoxy) is 1. The number of fused-ring (bicyclic) bond motifs is 2. The summed E-state index contributed by atoms with van der Waals surface area (Å²) in [5.41, 5.74) is 0.475. The molecule has 0 aromatic heterocycles. The van der Waals surface area contributed by atoms with Crippen molar-refractivity contribution in [2.45, 2.75) is 37.5 Å². The lowest BCUT2D eigenvalue weighted by Gasteiger charge is -2.42. The summed E-state index contributed by atoms with van der Waals surface area (Å²) in [4.78, 5) is 39.0. The number of nitrogens with zero attached hydrogens (tertiary/aromatic N) is 1. The molecule has 0 radical (unpaired) electrons. The largest absolute Gasteiger partial charge is 0.458 e. The molecule has 2 bridgehead atoms. The Morgan fingerprint density at radius 3 is 2.50 bits per heavy atom. The molecular formula is C19H25N3O4. The third kappa shape index (κ3) is 3.58. The maximum absolute atomic E-state index is 12.6. The van der Waals surface area contributed by atoms with E-state index < -0.39 is 18.0 Å². The van der Waals surface area contributed by atoms with Crippen LogP contribution < -0.4 is 10.6 Å². The van der Waals surface area contributed by atoms with Crippen molar-refractivity contribution in [3.05, 3.63) is 35.9 Å². The molecule has 4 atom stereocenters. The fourth-order valence-corrected chi connectivity index (χ4v) is 4.17. The van der Waals surface area contributed by atoms with Crippen LogP contribution in [0, 0.1) is 5.92 Å². The second-order valence-electron chi connectivity index (χ2n) is 6.83. The normalized spacial score (nSPS) is 27.6. The van der Waals surface area contributed by atoms with Crippen LogP contribution in [0.25, 0.3) is 0 Å². The number of esters is 1. The summed E-state index contributed by atoms with van der Waals surface area (Å²) < 4.78 is 5.75. The first-order valence-electron chi connectivity index (χ1n) is 8.99. The topological polar surface area (TPSA) is 87.7 Å². The number of amides is 2. The molecule has 0 spiro atoms. The molecule has 1 aromatic carbocycles. The first kappa shape index (κ1) is 18.4. The number of carbonyl (C=O) groups excluding carboxylic acids is 3. The van der Waals surface area contributed by atoms with Gasteiger partial charge in [0, 0.05) is 32.6 Å². The summed E-state index contributed by atoms with van der Waals surface area (Å²) in [6.45, 7) is 0.263. The van der Waals surface area contributed by atoms with Gasteiger partial charge in [0.1, 0.15) is 6.10 Å². The minimum absolute atomic E-state index is 0.0720. The zero-order valence-corrected chi connectivity index (χ0v) is 15.1. The second kappa shape index (κ2) is 7.86. The lowest BCUT2D eigenvalue weighted by atomic mass is 9.86. The van der Waals surface area contributed by atoms with E-state index in [2.05, 4.69) is 15.5 Å². The summed E-state index contributed by atoms with van der Waals surface area (Å²) in [7, 11) is 3.19. The van der Waals surface area contributed by atoms with Crippen LogP contribution in [0.3, 0.4) is 0 Å². The smallest absolute Gasteiger partial charge is 0.338 e. The van der Waals surface area contributed by atoms with E-state index in [0.717, 1.165) is 12.8 Å². The van der Waals surface area contributed by atoms with Crippen LogP contribution in [0.1, 0.15) is 29.6 Å². The molecule has 2 N–H and O–H groups in total. The van der Waals surface area contributed by atoms with Gasteiger partial charge in [-0.2, -0.15) is 0 Å². The van der Waals surface area contributed by atoms with Gasteiger partial charge in [-0.1, -0.05) is 18.2 Å². The van der Waals surface area contributed by atoms with Crippen LogP contribution in [0.5, 0.6) is 0 Å². The van der Waals surface area contributed by atoms with Gasteiger partial charge in [-0.3, -0.25) is 14.5 Å². The molecule has 3 rings (SSSR count). The number of benzene rings is 1. The highest BCUT2D eigenvalue weighted by Gasteiger charge is 2.51. The monoisotopic (exact) mass is 359 g/mol. The summed E-state index contributed by atoms with van der Waals surface area (Å²) >= 11 is 0. The van der Waals surface area contributed by atoms with Gasteiger partial charge >= 0.3 is 5.97 Å². The van der Waals surface area contributed by atoms with Gasteiger partial charge in [-0.05, 0) is 25.0 Å². The van der Waals surface area contributed by atoms with E-state index >= 15 is 0 Å². The van der Waals surface area contributed by atoms with Gasteiger partial charge < -0.3 is 15.4 Å². The molecule has 7 nitrogen and oxygen atoms in total. The van der Waals surface area contributed by atoms with E-state index in [9.17, 15) is 14.4 Å². The molecule has 0 saturated carbocycles. The molecule has 0 aliphatic carbocycles. The Morgan fingerprint density at radius 1 is 1.12 bits per heavy atom. The maximum Gasteiger partial charge on any atom is 0.338 e. The Hall–Kier alpha value is -2.41. The predicted molar refractivity (Wildman–Crippen MR) is 95.4 cm³/mol. The minimum Gasteiger partial charge on any atom is -0.458 e. The number of hydrogen-bond donors (Lipinski definition) is 2. The van der Waals surface area contributed by atoms with Crippen LogP contribution in [-0.4, -0.2) is 61.5 Å². The van der Waals surface area contributed by atoms with Crippen molar-refractivity contribution >= 4 is 17.8 Å². The van der Waals surface area contributed by atoms with E-state index in [-0.39, 0.29) is 30.4 Å². The molecule has 7 heteroatoms. The van der Waals surface area contributed by atoms with Crippen molar-refractivity contribution < 1.29 is 19.1 Å². The van der Waals surface area contributed by atoms with Crippen molar-refractivity contribution in [2.24, 2.45) is 5.92 Å². The fourth-order valence-electron chi connectivity index (χ4n) is 4.17. The first-order chi connectivity index (χ1) is 12.5. The molecule has 2 saturated heterocycles. The molecular weight excluding hydrogens is 334 g/mol. The molecule has 26 heavy (non-hydrogen) atoms. The van der Waals surface area contributed by atoms with Gasteiger partial charge in [0.2, 0.25) is 11.8 Å². The Balaban J connectivity index is 1.79. The molecule has 1 aromatic rings. The SMILES string of the molecule is CNC(=O)CN1C2CCC1[C@@H](C(=O)NC)C(OC(=O)c1ccccc1)C2. The molecule has 2 heterocycles. The predicted octanol–water partition coefficient (Wildman–Crippen LogP) is 0.557. The summed E-state index contributed by atoms with van der Waals surface area (Å²) in [6, 6.07) is 8.84. The highest BCUT2D eigenvalue weighted by Crippen LogP contribution is 2.40. The van der Waals surface area contributed by atoms with Crippen LogP contribution in [-0.2, 0) is 14.3 Å². The molecule has 3 unspecified atom stereocenters.